The second-order valence-corrected chi connectivity index (χ2v) is 8.19. The number of hydrogen-bond donors (Lipinski definition) is 1. The number of pyridine rings is 1. The van der Waals surface area contributed by atoms with E-state index >= 15 is 0 Å². The van der Waals surface area contributed by atoms with Crippen LogP contribution in [0, 0.1) is 17.1 Å². The quantitative estimate of drug-likeness (QED) is 0.275. The van der Waals surface area contributed by atoms with Crippen molar-refractivity contribution in [3.63, 3.8) is 0 Å². The Kier molecular flexibility index (Phi) is 6.36. The fourth-order valence-corrected chi connectivity index (χ4v) is 3.88. The SMILES string of the molecule is N#CCc1ccc(Nc2ccnc3ccc(-c4ccc(OCc5ccc(F)cc5)cc4)cc23)cc1. The first kappa shape index (κ1) is 22.1. The van der Waals surface area contributed by atoms with Crippen LogP contribution >= 0.6 is 0 Å². The van der Waals surface area contributed by atoms with Gasteiger partial charge in [0, 0.05) is 23.0 Å². The third kappa shape index (κ3) is 5.29. The highest BCUT2D eigenvalue weighted by Crippen LogP contribution is 2.31. The van der Waals surface area contributed by atoms with Crippen molar-refractivity contribution < 1.29 is 9.13 Å². The van der Waals surface area contributed by atoms with Crippen molar-refractivity contribution in [2.75, 3.05) is 5.32 Å². The molecule has 0 fully saturated rings. The Hall–Kier alpha value is -4.69. The van der Waals surface area contributed by atoms with Crippen LogP contribution < -0.4 is 10.1 Å². The summed E-state index contributed by atoms with van der Waals surface area (Å²) in [6.45, 7) is 0.383. The number of halogens is 1. The molecule has 170 valence electrons. The Bertz CT molecular complexity index is 1490. The predicted molar refractivity (Wildman–Crippen MR) is 137 cm³/mol. The second kappa shape index (κ2) is 10.1. The minimum absolute atomic E-state index is 0.254. The van der Waals surface area contributed by atoms with Crippen LogP contribution in [0.1, 0.15) is 11.1 Å². The van der Waals surface area contributed by atoms with Crippen molar-refractivity contribution in [3.05, 3.63) is 120 Å². The highest BCUT2D eigenvalue weighted by atomic mass is 19.1. The summed E-state index contributed by atoms with van der Waals surface area (Å²) >= 11 is 0. The zero-order valence-electron chi connectivity index (χ0n) is 18.9. The summed E-state index contributed by atoms with van der Waals surface area (Å²) in [5.74, 6) is 0.498. The number of aromatic nitrogens is 1. The summed E-state index contributed by atoms with van der Waals surface area (Å²) in [5.41, 5.74) is 6.86. The van der Waals surface area contributed by atoms with E-state index in [9.17, 15) is 4.39 Å². The van der Waals surface area contributed by atoms with Gasteiger partial charge in [0.15, 0.2) is 0 Å². The number of nitrogens with one attached hydrogen (secondary N) is 1. The molecule has 1 aromatic heterocycles. The second-order valence-electron chi connectivity index (χ2n) is 8.19. The van der Waals surface area contributed by atoms with Crippen molar-refractivity contribution in [2.45, 2.75) is 13.0 Å². The third-order valence-corrected chi connectivity index (χ3v) is 5.76. The third-order valence-electron chi connectivity index (χ3n) is 5.76. The summed E-state index contributed by atoms with van der Waals surface area (Å²) in [7, 11) is 0. The fourth-order valence-electron chi connectivity index (χ4n) is 3.88. The molecule has 0 bridgehead atoms. The normalized spacial score (nSPS) is 10.6. The van der Waals surface area contributed by atoms with Crippen molar-refractivity contribution in [1.82, 2.24) is 4.98 Å². The van der Waals surface area contributed by atoms with E-state index in [1.807, 2.05) is 60.7 Å². The van der Waals surface area contributed by atoms with Gasteiger partial charge in [-0.2, -0.15) is 5.26 Å². The number of nitriles is 1. The van der Waals surface area contributed by atoms with E-state index in [2.05, 4.69) is 28.5 Å². The lowest BCUT2D eigenvalue weighted by atomic mass is 10.0. The first-order chi connectivity index (χ1) is 17.2. The summed E-state index contributed by atoms with van der Waals surface area (Å²) in [5, 5.41) is 13.4. The zero-order valence-corrected chi connectivity index (χ0v) is 18.9. The number of fused-ring (bicyclic) bond motifs is 1. The molecule has 0 amide bonds. The van der Waals surface area contributed by atoms with Gasteiger partial charge in [-0.25, -0.2) is 4.39 Å². The highest BCUT2D eigenvalue weighted by molar-refractivity contribution is 5.95. The Morgan fingerprint density at radius 3 is 2.26 bits per heavy atom. The molecule has 1 heterocycles. The van der Waals surface area contributed by atoms with E-state index in [0.29, 0.717) is 13.0 Å². The highest BCUT2D eigenvalue weighted by Gasteiger charge is 2.07. The van der Waals surface area contributed by atoms with Gasteiger partial charge in [0.1, 0.15) is 18.2 Å². The Labute approximate surface area is 203 Å². The standard InChI is InChI=1S/C30H22FN3O/c31-25-8-1-22(2-9-25)20-35-27-12-5-23(6-13-27)24-7-14-29-28(19-24)30(16-18-33-29)34-26-10-3-21(4-11-26)15-17-32/h1-14,16,18-19H,15,20H2,(H,33,34). The molecule has 35 heavy (non-hydrogen) atoms. The largest absolute Gasteiger partial charge is 0.489 e. The molecule has 0 aliphatic heterocycles. The Morgan fingerprint density at radius 1 is 0.800 bits per heavy atom. The maximum absolute atomic E-state index is 13.1. The van der Waals surface area contributed by atoms with Crippen LogP contribution in [-0.2, 0) is 13.0 Å². The smallest absolute Gasteiger partial charge is 0.123 e. The van der Waals surface area contributed by atoms with E-state index in [0.717, 1.165) is 50.3 Å². The molecule has 0 unspecified atom stereocenters. The van der Waals surface area contributed by atoms with Crippen molar-refractivity contribution in [3.8, 4) is 22.9 Å². The molecule has 0 saturated carbocycles. The van der Waals surface area contributed by atoms with E-state index in [4.69, 9.17) is 10.00 Å². The molecule has 0 atom stereocenters. The van der Waals surface area contributed by atoms with Crippen LogP contribution in [0.3, 0.4) is 0 Å². The number of ether oxygens (including phenoxy) is 1. The van der Waals surface area contributed by atoms with Crippen molar-refractivity contribution >= 4 is 22.3 Å². The van der Waals surface area contributed by atoms with Crippen LogP contribution in [0.5, 0.6) is 5.75 Å². The maximum atomic E-state index is 13.1. The van der Waals surface area contributed by atoms with Crippen LogP contribution in [0.4, 0.5) is 15.8 Å². The van der Waals surface area contributed by atoms with Gasteiger partial charge in [-0.1, -0.05) is 42.5 Å². The van der Waals surface area contributed by atoms with Gasteiger partial charge in [-0.05, 0) is 76.9 Å². The van der Waals surface area contributed by atoms with Crippen LogP contribution in [0.2, 0.25) is 0 Å². The molecule has 0 aliphatic carbocycles. The monoisotopic (exact) mass is 459 g/mol. The summed E-state index contributed by atoms with van der Waals surface area (Å²) in [6.07, 6.45) is 2.19. The van der Waals surface area contributed by atoms with Crippen molar-refractivity contribution in [2.24, 2.45) is 0 Å². The Morgan fingerprint density at radius 2 is 1.51 bits per heavy atom. The maximum Gasteiger partial charge on any atom is 0.123 e. The summed E-state index contributed by atoms with van der Waals surface area (Å²) in [6, 6.07) is 32.5. The predicted octanol–water partition coefficient (Wildman–Crippen LogP) is 7.43. The average Bonchev–Trinajstić information content (AvgIpc) is 2.90. The molecule has 5 heteroatoms. The lowest BCUT2D eigenvalue weighted by Crippen LogP contribution is -1.95. The van der Waals surface area contributed by atoms with Crippen molar-refractivity contribution in [1.29, 1.82) is 5.26 Å². The molecule has 1 N–H and O–H groups in total. The molecule has 5 rings (SSSR count). The van der Waals surface area contributed by atoms with E-state index in [1.165, 1.54) is 12.1 Å². The van der Waals surface area contributed by atoms with Gasteiger partial charge in [0.25, 0.3) is 0 Å². The number of hydrogen-bond acceptors (Lipinski definition) is 4. The first-order valence-corrected chi connectivity index (χ1v) is 11.3. The van der Waals surface area contributed by atoms with E-state index in [-0.39, 0.29) is 5.82 Å². The number of anilines is 2. The molecule has 4 aromatic carbocycles. The minimum atomic E-state index is -0.254. The van der Waals surface area contributed by atoms with Gasteiger partial charge in [0.05, 0.1) is 18.0 Å². The zero-order chi connectivity index (χ0) is 24.0. The molecule has 4 nitrogen and oxygen atoms in total. The molecule has 5 aromatic rings. The topological polar surface area (TPSA) is 57.9 Å². The van der Waals surface area contributed by atoms with Gasteiger partial charge in [-0.15, -0.1) is 0 Å². The Balaban J connectivity index is 1.35. The van der Waals surface area contributed by atoms with Gasteiger partial charge in [-0.3, -0.25) is 4.98 Å². The first-order valence-electron chi connectivity index (χ1n) is 11.3. The van der Waals surface area contributed by atoms with E-state index in [1.54, 1.807) is 18.3 Å². The molecular weight excluding hydrogens is 437 g/mol. The fraction of sp³-hybridized carbons (Fsp3) is 0.0667. The van der Waals surface area contributed by atoms with E-state index < -0.39 is 0 Å². The lowest BCUT2D eigenvalue weighted by Gasteiger charge is -2.12. The number of nitrogens with zero attached hydrogens (tertiary/aromatic N) is 2. The van der Waals surface area contributed by atoms with Crippen LogP contribution in [0.15, 0.2) is 103 Å². The average molecular weight is 460 g/mol. The van der Waals surface area contributed by atoms with Crippen LogP contribution in [0.25, 0.3) is 22.0 Å². The van der Waals surface area contributed by atoms with Gasteiger partial charge < -0.3 is 10.1 Å². The molecule has 0 spiro atoms. The van der Waals surface area contributed by atoms with Gasteiger partial charge in [0.2, 0.25) is 0 Å². The molecule has 0 aliphatic rings. The summed E-state index contributed by atoms with van der Waals surface area (Å²) < 4.78 is 18.9. The van der Waals surface area contributed by atoms with Gasteiger partial charge >= 0.3 is 0 Å². The van der Waals surface area contributed by atoms with Crippen LogP contribution in [-0.4, -0.2) is 4.98 Å². The summed E-state index contributed by atoms with van der Waals surface area (Å²) in [4.78, 5) is 4.51. The molecular formula is C30H22FN3O. The number of benzene rings is 4. The minimum Gasteiger partial charge on any atom is -0.489 e. The number of rotatable bonds is 7. The molecule has 0 radical (unpaired) electrons. The lowest BCUT2D eigenvalue weighted by molar-refractivity contribution is 0.306. The molecule has 0 saturated heterocycles.